The highest BCUT2D eigenvalue weighted by Crippen LogP contribution is 2.19. The van der Waals surface area contributed by atoms with E-state index < -0.39 is 0 Å². The molecule has 1 N–H and O–H groups in total. The summed E-state index contributed by atoms with van der Waals surface area (Å²) in [7, 11) is 0. The molecule has 2 heterocycles. The molecule has 25 heavy (non-hydrogen) atoms. The third-order valence-electron chi connectivity index (χ3n) is 4.88. The lowest BCUT2D eigenvalue weighted by atomic mass is 10.1. The van der Waals surface area contributed by atoms with E-state index in [0.717, 1.165) is 29.7 Å². The zero-order valence-corrected chi connectivity index (χ0v) is 14.2. The normalized spacial score (nSPS) is 15.8. The van der Waals surface area contributed by atoms with E-state index in [2.05, 4.69) is 15.3 Å². The summed E-state index contributed by atoms with van der Waals surface area (Å²) in [6.45, 7) is 0. The Balaban J connectivity index is 1.57. The molecule has 5 nitrogen and oxygen atoms in total. The summed E-state index contributed by atoms with van der Waals surface area (Å²) < 4.78 is 1.91. The fourth-order valence-corrected chi connectivity index (χ4v) is 3.53. The lowest BCUT2D eigenvalue weighted by Crippen LogP contribution is -2.34. The summed E-state index contributed by atoms with van der Waals surface area (Å²) in [4.78, 5) is 21.4. The van der Waals surface area contributed by atoms with Gasteiger partial charge in [0.1, 0.15) is 11.8 Å². The molecular weight excluding hydrogens is 312 g/mol. The summed E-state index contributed by atoms with van der Waals surface area (Å²) in [6, 6.07) is 11.8. The van der Waals surface area contributed by atoms with E-state index in [0.29, 0.717) is 11.6 Å². The van der Waals surface area contributed by atoms with E-state index in [9.17, 15) is 4.79 Å². The molecule has 0 aliphatic heterocycles. The highest BCUT2D eigenvalue weighted by atomic mass is 16.1. The van der Waals surface area contributed by atoms with E-state index in [-0.39, 0.29) is 5.91 Å². The van der Waals surface area contributed by atoms with Crippen molar-refractivity contribution in [2.45, 2.75) is 44.6 Å². The van der Waals surface area contributed by atoms with Gasteiger partial charge in [0.15, 0.2) is 5.65 Å². The number of hydrogen-bond acceptors (Lipinski definition) is 3. The van der Waals surface area contributed by atoms with Crippen LogP contribution in [0, 0.1) is 0 Å². The maximum absolute atomic E-state index is 12.7. The van der Waals surface area contributed by atoms with Gasteiger partial charge in [0, 0.05) is 23.5 Å². The molecule has 1 aliphatic carbocycles. The van der Waals surface area contributed by atoms with Crippen molar-refractivity contribution in [2.75, 3.05) is 0 Å². The molecule has 0 unspecified atom stereocenters. The van der Waals surface area contributed by atoms with Gasteiger partial charge in [-0.1, -0.05) is 31.7 Å². The molecule has 128 valence electrons. The Labute approximate surface area is 147 Å². The topological polar surface area (TPSA) is 59.8 Å². The van der Waals surface area contributed by atoms with E-state index in [1.807, 2.05) is 41.0 Å². The van der Waals surface area contributed by atoms with Crippen molar-refractivity contribution in [1.29, 1.82) is 0 Å². The molecule has 3 aromatic rings. The van der Waals surface area contributed by atoms with Gasteiger partial charge in [-0.05, 0) is 43.2 Å². The molecule has 1 amide bonds. The number of carbonyl (C=O) groups excluding carboxylic acids is 1. The molecule has 4 rings (SSSR count). The van der Waals surface area contributed by atoms with Gasteiger partial charge in [0.2, 0.25) is 0 Å². The standard InChI is InChI=1S/C20H22N4O/c25-20(23-16-8-3-1-2-4-9-16)15-7-5-10-17(13-15)24-14-22-18-11-6-12-21-19(18)24/h5-7,10-14,16H,1-4,8-9H2,(H,23,25). The van der Waals surface area contributed by atoms with Gasteiger partial charge in [-0.2, -0.15) is 0 Å². The Kier molecular flexibility index (Phi) is 4.46. The van der Waals surface area contributed by atoms with Crippen LogP contribution in [0.5, 0.6) is 0 Å². The Morgan fingerprint density at radius 1 is 1.04 bits per heavy atom. The highest BCUT2D eigenvalue weighted by Gasteiger charge is 2.16. The van der Waals surface area contributed by atoms with Crippen LogP contribution in [0.2, 0.25) is 0 Å². The SMILES string of the molecule is O=C(NC1CCCCCC1)c1cccc(-n2cnc3cccnc32)c1. The van der Waals surface area contributed by atoms with Crippen LogP contribution in [0.1, 0.15) is 48.9 Å². The molecule has 5 heteroatoms. The number of nitrogens with zero attached hydrogens (tertiary/aromatic N) is 3. The second-order valence-electron chi connectivity index (χ2n) is 6.67. The molecule has 0 atom stereocenters. The summed E-state index contributed by atoms with van der Waals surface area (Å²) >= 11 is 0. The van der Waals surface area contributed by atoms with Gasteiger partial charge in [0.25, 0.3) is 5.91 Å². The number of hydrogen-bond donors (Lipinski definition) is 1. The Hall–Kier alpha value is -2.69. The number of aromatic nitrogens is 3. The van der Waals surface area contributed by atoms with Gasteiger partial charge >= 0.3 is 0 Å². The number of carbonyl (C=O) groups is 1. The number of fused-ring (bicyclic) bond motifs is 1. The molecular formula is C20H22N4O. The third kappa shape index (κ3) is 3.40. The molecule has 2 aromatic heterocycles. The van der Waals surface area contributed by atoms with E-state index in [1.54, 1.807) is 12.5 Å². The van der Waals surface area contributed by atoms with Crippen LogP contribution < -0.4 is 5.32 Å². The summed E-state index contributed by atoms with van der Waals surface area (Å²) in [6.07, 6.45) is 10.6. The number of nitrogens with one attached hydrogen (secondary N) is 1. The van der Waals surface area contributed by atoms with Crippen LogP contribution in [0.3, 0.4) is 0 Å². The lowest BCUT2D eigenvalue weighted by molar-refractivity contribution is 0.0933. The smallest absolute Gasteiger partial charge is 0.251 e. The number of imidazole rings is 1. The molecule has 1 fully saturated rings. The zero-order valence-electron chi connectivity index (χ0n) is 14.2. The monoisotopic (exact) mass is 334 g/mol. The fourth-order valence-electron chi connectivity index (χ4n) is 3.53. The van der Waals surface area contributed by atoms with E-state index in [1.165, 1.54) is 25.7 Å². The zero-order chi connectivity index (χ0) is 17.1. The van der Waals surface area contributed by atoms with Crippen molar-refractivity contribution >= 4 is 17.1 Å². The number of benzene rings is 1. The van der Waals surface area contributed by atoms with Crippen LogP contribution in [0.4, 0.5) is 0 Å². The molecule has 0 radical (unpaired) electrons. The second kappa shape index (κ2) is 7.05. The maximum Gasteiger partial charge on any atom is 0.251 e. The molecule has 1 aromatic carbocycles. The summed E-state index contributed by atoms with van der Waals surface area (Å²) in [5, 5.41) is 3.21. The maximum atomic E-state index is 12.7. The minimum atomic E-state index is 0.00568. The first kappa shape index (κ1) is 15.8. The lowest BCUT2D eigenvalue weighted by Gasteiger charge is -2.16. The first-order valence-corrected chi connectivity index (χ1v) is 9.01. The van der Waals surface area contributed by atoms with Gasteiger partial charge in [0.05, 0.1) is 0 Å². The van der Waals surface area contributed by atoms with Gasteiger partial charge in [-0.15, -0.1) is 0 Å². The van der Waals surface area contributed by atoms with Crippen molar-refractivity contribution in [3.05, 3.63) is 54.5 Å². The van der Waals surface area contributed by atoms with E-state index in [4.69, 9.17) is 0 Å². The Bertz CT molecular complexity index is 878. The van der Waals surface area contributed by atoms with Crippen molar-refractivity contribution in [2.24, 2.45) is 0 Å². The molecule has 1 saturated carbocycles. The van der Waals surface area contributed by atoms with Crippen LogP contribution >= 0.6 is 0 Å². The van der Waals surface area contributed by atoms with Crippen LogP contribution in [0.25, 0.3) is 16.9 Å². The number of pyridine rings is 1. The average molecular weight is 334 g/mol. The minimum Gasteiger partial charge on any atom is -0.349 e. The molecule has 1 aliphatic rings. The van der Waals surface area contributed by atoms with Crippen LogP contribution in [-0.4, -0.2) is 26.5 Å². The number of rotatable bonds is 3. The van der Waals surface area contributed by atoms with Crippen LogP contribution in [0.15, 0.2) is 48.9 Å². The summed E-state index contributed by atoms with van der Waals surface area (Å²) in [5.74, 6) is 0.00568. The van der Waals surface area contributed by atoms with Crippen molar-refractivity contribution in [1.82, 2.24) is 19.9 Å². The summed E-state index contributed by atoms with van der Waals surface area (Å²) in [5.41, 5.74) is 3.22. The van der Waals surface area contributed by atoms with Crippen molar-refractivity contribution in [3.8, 4) is 5.69 Å². The van der Waals surface area contributed by atoms with Crippen molar-refractivity contribution in [3.63, 3.8) is 0 Å². The highest BCUT2D eigenvalue weighted by molar-refractivity contribution is 5.95. The Morgan fingerprint density at radius 2 is 1.88 bits per heavy atom. The van der Waals surface area contributed by atoms with Gasteiger partial charge in [-0.3, -0.25) is 9.36 Å². The number of amides is 1. The molecule has 0 bridgehead atoms. The largest absolute Gasteiger partial charge is 0.349 e. The minimum absolute atomic E-state index is 0.00568. The second-order valence-corrected chi connectivity index (χ2v) is 6.67. The quantitative estimate of drug-likeness (QED) is 0.740. The average Bonchev–Trinajstić information content (AvgIpc) is 2.92. The fraction of sp³-hybridized carbons (Fsp3) is 0.350. The predicted octanol–water partition coefficient (Wildman–Crippen LogP) is 3.87. The predicted molar refractivity (Wildman–Crippen MR) is 97.8 cm³/mol. The van der Waals surface area contributed by atoms with Crippen LogP contribution in [-0.2, 0) is 0 Å². The van der Waals surface area contributed by atoms with E-state index >= 15 is 0 Å². The van der Waals surface area contributed by atoms with Gasteiger partial charge in [-0.25, -0.2) is 9.97 Å². The molecule has 0 spiro atoms. The third-order valence-corrected chi connectivity index (χ3v) is 4.88. The molecule has 0 saturated heterocycles. The first-order chi connectivity index (χ1) is 12.3. The van der Waals surface area contributed by atoms with Crippen molar-refractivity contribution < 1.29 is 4.79 Å². The van der Waals surface area contributed by atoms with Gasteiger partial charge < -0.3 is 5.32 Å². The Morgan fingerprint density at radius 3 is 2.72 bits per heavy atom. The first-order valence-electron chi connectivity index (χ1n) is 9.01.